The fourth-order valence-electron chi connectivity index (χ4n) is 0.982. The molecule has 0 aliphatic rings. The molecule has 2 heteroatoms. The van der Waals surface area contributed by atoms with Gasteiger partial charge >= 0.3 is 0 Å². The zero-order chi connectivity index (χ0) is 8.97. The van der Waals surface area contributed by atoms with Crippen molar-refractivity contribution >= 4 is 11.8 Å². The third-order valence-electron chi connectivity index (χ3n) is 1.59. The van der Waals surface area contributed by atoms with Gasteiger partial charge in [-0.15, -0.1) is 18.2 Å². The van der Waals surface area contributed by atoms with Crippen LogP contribution in [0, 0.1) is 12.3 Å². The monoisotopic (exact) mass is 178 g/mol. The van der Waals surface area contributed by atoms with E-state index in [0.29, 0.717) is 0 Å². The number of aliphatic hydroxyl groups excluding tert-OH is 1. The number of terminal acetylenes is 1. The molecule has 12 heavy (non-hydrogen) atoms. The van der Waals surface area contributed by atoms with E-state index in [1.807, 2.05) is 30.5 Å². The van der Waals surface area contributed by atoms with E-state index in [2.05, 4.69) is 5.92 Å². The van der Waals surface area contributed by atoms with Crippen LogP contribution in [0.2, 0.25) is 0 Å². The molecule has 1 aromatic rings. The van der Waals surface area contributed by atoms with Gasteiger partial charge in [0.05, 0.1) is 0 Å². The lowest BCUT2D eigenvalue weighted by Gasteiger charge is -2.07. The van der Waals surface area contributed by atoms with Gasteiger partial charge in [0, 0.05) is 10.5 Å². The summed E-state index contributed by atoms with van der Waals surface area (Å²) in [4.78, 5) is 1.03. The van der Waals surface area contributed by atoms with Gasteiger partial charge in [0.25, 0.3) is 0 Å². The number of thioether (sulfide) groups is 1. The molecule has 0 radical (unpaired) electrons. The lowest BCUT2D eigenvalue weighted by molar-refractivity contribution is 0.235. The van der Waals surface area contributed by atoms with Crippen LogP contribution < -0.4 is 0 Å². The van der Waals surface area contributed by atoms with Crippen molar-refractivity contribution in [3.63, 3.8) is 0 Å². The van der Waals surface area contributed by atoms with Crippen LogP contribution in [0.4, 0.5) is 0 Å². The normalized spacial score (nSPS) is 12.1. The predicted octanol–water partition coefficient (Wildman–Crippen LogP) is 2.08. The Bertz CT molecular complexity index is 301. The largest absolute Gasteiger partial charge is 0.376 e. The van der Waals surface area contributed by atoms with Gasteiger partial charge in [0.15, 0.2) is 0 Å². The maximum Gasteiger partial charge on any atom is 0.141 e. The maximum atomic E-state index is 9.39. The minimum atomic E-state index is -0.784. The Morgan fingerprint density at radius 2 is 2.17 bits per heavy atom. The van der Waals surface area contributed by atoms with Gasteiger partial charge in [-0.25, -0.2) is 0 Å². The number of hydrogen-bond acceptors (Lipinski definition) is 2. The lowest BCUT2D eigenvalue weighted by atomic mass is 10.1. The molecule has 1 nitrogen and oxygen atoms in total. The van der Waals surface area contributed by atoms with Gasteiger partial charge in [-0.05, 0) is 12.3 Å². The molecule has 0 aliphatic heterocycles. The second-order valence-electron chi connectivity index (χ2n) is 2.31. The molecular weight excluding hydrogens is 168 g/mol. The molecule has 1 aromatic carbocycles. The molecular formula is C10H10OS. The minimum absolute atomic E-state index is 0.784. The fraction of sp³-hybridized carbons (Fsp3) is 0.200. The molecule has 0 aliphatic carbocycles. The lowest BCUT2D eigenvalue weighted by Crippen LogP contribution is -1.94. The van der Waals surface area contributed by atoms with Gasteiger partial charge in [-0.1, -0.05) is 24.1 Å². The Balaban J connectivity index is 3.06. The third-order valence-corrected chi connectivity index (χ3v) is 2.40. The first kappa shape index (κ1) is 9.18. The van der Waals surface area contributed by atoms with Crippen LogP contribution in [0.15, 0.2) is 29.2 Å². The molecule has 0 aromatic heterocycles. The zero-order valence-corrected chi connectivity index (χ0v) is 7.64. The number of benzene rings is 1. The smallest absolute Gasteiger partial charge is 0.141 e. The molecule has 1 rings (SSSR count). The van der Waals surface area contributed by atoms with E-state index < -0.39 is 6.10 Å². The summed E-state index contributed by atoms with van der Waals surface area (Å²) < 4.78 is 0. The summed E-state index contributed by atoms with van der Waals surface area (Å²) >= 11 is 1.58. The van der Waals surface area contributed by atoms with Crippen molar-refractivity contribution in [1.29, 1.82) is 0 Å². The first-order valence-electron chi connectivity index (χ1n) is 3.56. The highest BCUT2D eigenvalue weighted by Gasteiger charge is 2.07. The maximum absolute atomic E-state index is 9.39. The van der Waals surface area contributed by atoms with E-state index in [-0.39, 0.29) is 0 Å². The van der Waals surface area contributed by atoms with Crippen molar-refractivity contribution in [3.8, 4) is 12.3 Å². The molecule has 0 fully saturated rings. The molecule has 0 heterocycles. The third kappa shape index (κ3) is 1.82. The average Bonchev–Trinajstić information content (AvgIpc) is 2.16. The Hall–Kier alpha value is -0.910. The molecule has 0 spiro atoms. The van der Waals surface area contributed by atoms with Crippen LogP contribution in [-0.2, 0) is 0 Å². The van der Waals surface area contributed by atoms with Crippen molar-refractivity contribution in [2.45, 2.75) is 11.0 Å². The van der Waals surface area contributed by atoms with E-state index in [1.54, 1.807) is 11.8 Å². The Labute approximate surface area is 76.8 Å². The van der Waals surface area contributed by atoms with Crippen molar-refractivity contribution in [3.05, 3.63) is 29.8 Å². The fourth-order valence-corrected chi connectivity index (χ4v) is 1.61. The highest BCUT2D eigenvalue weighted by Crippen LogP contribution is 2.24. The summed E-state index contributed by atoms with van der Waals surface area (Å²) in [5.74, 6) is 2.30. The molecule has 1 N–H and O–H groups in total. The molecule has 0 bridgehead atoms. The summed E-state index contributed by atoms with van der Waals surface area (Å²) in [6, 6.07) is 7.59. The SMILES string of the molecule is C#CC(O)c1ccccc1SC. The standard InChI is InChI=1S/C10H10OS/c1-3-9(11)8-6-4-5-7-10(8)12-2/h1,4-7,9,11H,2H3. The Morgan fingerprint density at radius 3 is 2.75 bits per heavy atom. The minimum Gasteiger partial charge on any atom is -0.376 e. The number of rotatable bonds is 2. The summed E-state index contributed by atoms with van der Waals surface area (Å²) in [6.45, 7) is 0. The Morgan fingerprint density at radius 1 is 1.50 bits per heavy atom. The first-order chi connectivity index (χ1) is 5.79. The van der Waals surface area contributed by atoms with E-state index >= 15 is 0 Å². The van der Waals surface area contributed by atoms with Crippen LogP contribution in [0.5, 0.6) is 0 Å². The number of hydrogen-bond donors (Lipinski definition) is 1. The molecule has 1 unspecified atom stereocenters. The van der Waals surface area contributed by atoms with Crippen LogP contribution in [0.1, 0.15) is 11.7 Å². The predicted molar refractivity (Wildman–Crippen MR) is 52.0 cm³/mol. The second-order valence-corrected chi connectivity index (χ2v) is 3.16. The highest BCUT2D eigenvalue weighted by atomic mass is 32.2. The van der Waals surface area contributed by atoms with Gasteiger partial charge < -0.3 is 5.11 Å². The van der Waals surface area contributed by atoms with Crippen molar-refractivity contribution in [2.75, 3.05) is 6.26 Å². The van der Waals surface area contributed by atoms with Gasteiger partial charge in [-0.2, -0.15) is 0 Å². The molecule has 0 saturated heterocycles. The van der Waals surface area contributed by atoms with Crippen LogP contribution in [0.25, 0.3) is 0 Å². The van der Waals surface area contributed by atoms with E-state index in [4.69, 9.17) is 6.42 Å². The van der Waals surface area contributed by atoms with E-state index in [0.717, 1.165) is 10.5 Å². The van der Waals surface area contributed by atoms with Crippen molar-refractivity contribution < 1.29 is 5.11 Å². The highest BCUT2D eigenvalue weighted by molar-refractivity contribution is 7.98. The van der Waals surface area contributed by atoms with Crippen molar-refractivity contribution in [1.82, 2.24) is 0 Å². The molecule has 62 valence electrons. The van der Waals surface area contributed by atoms with Crippen LogP contribution in [-0.4, -0.2) is 11.4 Å². The molecule has 0 amide bonds. The van der Waals surface area contributed by atoms with Gasteiger partial charge in [0.1, 0.15) is 6.10 Å². The molecule has 0 saturated carbocycles. The quantitative estimate of drug-likeness (QED) is 0.552. The number of aliphatic hydroxyl groups is 1. The topological polar surface area (TPSA) is 20.2 Å². The first-order valence-corrected chi connectivity index (χ1v) is 4.79. The summed E-state index contributed by atoms with van der Waals surface area (Å²) in [6.07, 6.45) is 6.30. The molecule has 1 atom stereocenters. The van der Waals surface area contributed by atoms with E-state index in [9.17, 15) is 5.11 Å². The van der Waals surface area contributed by atoms with Gasteiger partial charge in [-0.3, -0.25) is 0 Å². The average molecular weight is 178 g/mol. The second kappa shape index (κ2) is 4.20. The summed E-state index contributed by atoms with van der Waals surface area (Å²) in [5.41, 5.74) is 0.813. The van der Waals surface area contributed by atoms with Gasteiger partial charge in [0.2, 0.25) is 0 Å². The Kier molecular flexibility index (Phi) is 3.21. The summed E-state index contributed by atoms with van der Waals surface area (Å²) in [5, 5.41) is 9.39. The summed E-state index contributed by atoms with van der Waals surface area (Å²) in [7, 11) is 0. The van der Waals surface area contributed by atoms with E-state index in [1.165, 1.54) is 0 Å². The zero-order valence-electron chi connectivity index (χ0n) is 6.82. The van der Waals surface area contributed by atoms with Crippen LogP contribution in [0.3, 0.4) is 0 Å². The van der Waals surface area contributed by atoms with Crippen LogP contribution >= 0.6 is 11.8 Å². The van der Waals surface area contributed by atoms with Crippen molar-refractivity contribution in [2.24, 2.45) is 0 Å².